The molecule has 1 radical (unpaired) electrons. The molecule has 0 amide bonds. The highest BCUT2D eigenvalue weighted by Crippen LogP contribution is 1.96. The maximum atomic E-state index is 6.97. The van der Waals surface area contributed by atoms with Gasteiger partial charge in [0.15, 0.2) is 0 Å². The van der Waals surface area contributed by atoms with Crippen molar-refractivity contribution in [1.29, 1.82) is 0 Å². The predicted molar refractivity (Wildman–Crippen MR) is 41.9 cm³/mol. The standard InChI is InChI=1S/C7H16N3/c8-3-1-2-7-6-9-4-5-10-7/h7-10H,1-6H2. The quantitative estimate of drug-likeness (QED) is 0.564. The molecule has 0 aliphatic carbocycles. The molecule has 0 aromatic carbocycles. The maximum Gasteiger partial charge on any atom is 0.0193 e. The van der Waals surface area contributed by atoms with Gasteiger partial charge in [0, 0.05) is 32.2 Å². The molecule has 10 heavy (non-hydrogen) atoms. The number of nitrogens with one attached hydrogen (secondary N) is 3. The van der Waals surface area contributed by atoms with Crippen LogP contribution in [0.1, 0.15) is 12.8 Å². The summed E-state index contributed by atoms with van der Waals surface area (Å²) in [6, 6.07) is 0.624. The third-order valence-corrected chi connectivity index (χ3v) is 1.85. The molecule has 1 atom stereocenters. The fraction of sp³-hybridized carbons (Fsp3) is 1.00. The summed E-state index contributed by atoms with van der Waals surface area (Å²) in [6.45, 7) is 3.83. The summed E-state index contributed by atoms with van der Waals surface area (Å²) in [5, 5.41) is 6.73. The van der Waals surface area contributed by atoms with Crippen LogP contribution < -0.4 is 16.4 Å². The molecule has 1 saturated heterocycles. The van der Waals surface area contributed by atoms with Gasteiger partial charge in [0.1, 0.15) is 0 Å². The van der Waals surface area contributed by atoms with E-state index < -0.39 is 0 Å². The molecule has 0 spiro atoms. The van der Waals surface area contributed by atoms with Crippen molar-refractivity contribution in [2.45, 2.75) is 18.9 Å². The van der Waals surface area contributed by atoms with Crippen molar-refractivity contribution in [3.8, 4) is 0 Å². The Hall–Kier alpha value is -0.120. The Bertz CT molecular complexity index is 78.9. The highest BCUT2D eigenvalue weighted by molar-refractivity contribution is 4.74. The lowest BCUT2D eigenvalue weighted by atomic mass is 10.1. The van der Waals surface area contributed by atoms with Crippen LogP contribution in [-0.4, -0.2) is 32.2 Å². The number of hydrogen-bond acceptors (Lipinski definition) is 2. The summed E-state index contributed by atoms with van der Waals surface area (Å²) >= 11 is 0. The minimum Gasteiger partial charge on any atom is -0.314 e. The van der Waals surface area contributed by atoms with Crippen molar-refractivity contribution < 1.29 is 0 Å². The molecule has 0 aromatic rings. The fourth-order valence-corrected chi connectivity index (χ4v) is 1.27. The van der Waals surface area contributed by atoms with E-state index in [0.717, 1.165) is 32.5 Å². The van der Waals surface area contributed by atoms with E-state index >= 15 is 0 Å². The molecule has 3 heteroatoms. The van der Waals surface area contributed by atoms with Gasteiger partial charge in [-0.05, 0) is 12.8 Å². The van der Waals surface area contributed by atoms with Gasteiger partial charge < -0.3 is 10.6 Å². The minimum atomic E-state index is 0.568. The van der Waals surface area contributed by atoms with Gasteiger partial charge >= 0.3 is 0 Å². The molecule has 0 bridgehead atoms. The number of piperazine rings is 1. The van der Waals surface area contributed by atoms with Crippen molar-refractivity contribution in [3.05, 3.63) is 0 Å². The molecule has 0 saturated carbocycles. The number of rotatable bonds is 3. The van der Waals surface area contributed by atoms with Gasteiger partial charge in [-0.25, -0.2) is 0 Å². The van der Waals surface area contributed by atoms with E-state index in [0.29, 0.717) is 12.6 Å². The summed E-state index contributed by atoms with van der Waals surface area (Å²) < 4.78 is 0. The highest BCUT2D eigenvalue weighted by Gasteiger charge is 2.09. The van der Waals surface area contributed by atoms with E-state index in [1.807, 2.05) is 0 Å². The third-order valence-electron chi connectivity index (χ3n) is 1.85. The SMILES string of the molecule is [NH]CCCC1CNCCN1. The van der Waals surface area contributed by atoms with E-state index in [4.69, 9.17) is 5.73 Å². The molecule has 1 fully saturated rings. The highest BCUT2D eigenvalue weighted by atomic mass is 15.0. The largest absolute Gasteiger partial charge is 0.314 e. The Morgan fingerprint density at radius 1 is 1.40 bits per heavy atom. The Kier molecular flexibility index (Phi) is 3.72. The van der Waals surface area contributed by atoms with Crippen LogP contribution in [0.5, 0.6) is 0 Å². The van der Waals surface area contributed by atoms with Gasteiger partial charge in [-0.3, -0.25) is 5.73 Å². The molecular formula is C7H16N3. The second-order valence-corrected chi connectivity index (χ2v) is 2.75. The van der Waals surface area contributed by atoms with Gasteiger partial charge in [0.25, 0.3) is 0 Å². The second-order valence-electron chi connectivity index (χ2n) is 2.75. The molecule has 1 rings (SSSR count). The van der Waals surface area contributed by atoms with E-state index in [1.165, 1.54) is 0 Å². The molecule has 59 valence electrons. The molecule has 1 aliphatic rings. The van der Waals surface area contributed by atoms with Gasteiger partial charge in [0.2, 0.25) is 0 Å². The van der Waals surface area contributed by atoms with Gasteiger partial charge in [-0.2, -0.15) is 0 Å². The van der Waals surface area contributed by atoms with Crippen LogP contribution in [0.3, 0.4) is 0 Å². The Morgan fingerprint density at radius 2 is 2.30 bits per heavy atom. The topological polar surface area (TPSA) is 47.9 Å². The summed E-state index contributed by atoms with van der Waals surface area (Å²) in [7, 11) is 0. The van der Waals surface area contributed by atoms with Crippen molar-refractivity contribution in [3.63, 3.8) is 0 Å². The van der Waals surface area contributed by atoms with Crippen molar-refractivity contribution in [1.82, 2.24) is 16.4 Å². The van der Waals surface area contributed by atoms with Crippen LogP contribution in [0.25, 0.3) is 0 Å². The zero-order chi connectivity index (χ0) is 7.23. The lowest BCUT2D eigenvalue weighted by molar-refractivity contribution is 0.393. The predicted octanol–water partition coefficient (Wildman–Crippen LogP) is -0.389. The first-order valence-electron chi connectivity index (χ1n) is 4.02. The van der Waals surface area contributed by atoms with Gasteiger partial charge in [-0.15, -0.1) is 0 Å². The molecule has 0 aromatic heterocycles. The summed E-state index contributed by atoms with van der Waals surface area (Å²) in [5.74, 6) is 0. The van der Waals surface area contributed by atoms with E-state index in [2.05, 4.69) is 10.6 Å². The monoisotopic (exact) mass is 142 g/mol. The average molecular weight is 142 g/mol. The molecule has 3 nitrogen and oxygen atoms in total. The summed E-state index contributed by atoms with van der Waals surface area (Å²) in [4.78, 5) is 0. The molecule has 1 aliphatic heterocycles. The summed E-state index contributed by atoms with van der Waals surface area (Å²) in [6.07, 6.45) is 2.18. The first-order valence-corrected chi connectivity index (χ1v) is 4.02. The molecule has 1 heterocycles. The van der Waals surface area contributed by atoms with E-state index in [-0.39, 0.29) is 0 Å². The maximum absolute atomic E-state index is 6.97. The Morgan fingerprint density at radius 3 is 2.90 bits per heavy atom. The molecular weight excluding hydrogens is 126 g/mol. The fourth-order valence-electron chi connectivity index (χ4n) is 1.27. The van der Waals surface area contributed by atoms with Crippen LogP contribution in [0.2, 0.25) is 0 Å². The lowest BCUT2D eigenvalue weighted by Gasteiger charge is -2.23. The zero-order valence-corrected chi connectivity index (χ0v) is 6.32. The van der Waals surface area contributed by atoms with Crippen molar-refractivity contribution in [2.24, 2.45) is 0 Å². The van der Waals surface area contributed by atoms with Crippen molar-refractivity contribution in [2.75, 3.05) is 26.2 Å². The van der Waals surface area contributed by atoms with Crippen LogP contribution in [0.15, 0.2) is 0 Å². The average Bonchev–Trinajstić information content (AvgIpc) is 2.03. The first kappa shape index (κ1) is 7.98. The van der Waals surface area contributed by atoms with Crippen LogP contribution in [0, 0.1) is 0 Å². The second kappa shape index (κ2) is 4.66. The van der Waals surface area contributed by atoms with E-state index in [9.17, 15) is 0 Å². The van der Waals surface area contributed by atoms with Crippen LogP contribution in [-0.2, 0) is 0 Å². The Balaban J connectivity index is 2.02. The minimum absolute atomic E-state index is 0.568. The van der Waals surface area contributed by atoms with Gasteiger partial charge in [-0.1, -0.05) is 0 Å². The molecule has 3 N–H and O–H groups in total. The van der Waals surface area contributed by atoms with Crippen LogP contribution in [0.4, 0.5) is 0 Å². The first-order chi connectivity index (χ1) is 4.93. The zero-order valence-electron chi connectivity index (χ0n) is 6.32. The lowest BCUT2D eigenvalue weighted by Crippen LogP contribution is -2.48. The van der Waals surface area contributed by atoms with Crippen molar-refractivity contribution >= 4 is 0 Å². The number of hydrogen-bond donors (Lipinski definition) is 2. The third kappa shape index (κ3) is 2.64. The van der Waals surface area contributed by atoms with Gasteiger partial charge in [0.05, 0.1) is 0 Å². The van der Waals surface area contributed by atoms with Crippen LogP contribution >= 0.6 is 0 Å². The summed E-state index contributed by atoms with van der Waals surface area (Å²) in [5.41, 5.74) is 6.97. The Labute approximate surface area is 62.4 Å². The smallest absolute Gasteiger partial charge is 0.0193 e. The molecule has 1 unspecified atom stereocenters. The van der Waals surface area contributed by atoms with E-state index in [1.54, 1.807) is 0 Å². The normalized spacial score (nSPS) is 26.7.